The lowest BCUT2D eigenvalue weighted by molar-refractivity contribution is 0.174. The summed E-state index contributed by atoms with van der Waals surface area (Å²) >= 11 is 0. The number of aromatic nitrogens is 2. The molecule has 0 saturated carbocycles. The molecule has 2 aromatic rings. The van der Waals surface area contributed by atoms with Gasteiger partial charge in [-0.1, -0.05) is 0 Å². The molecular formula is C15H15N3O3. The second-order valence-corrected chi connectivity index (χ2v) is 5.20. The molecule has 0 aliphatic carbocycles. The van der Waals surface area contributed by atoms with Crippen molar-refractivity contribution in [3.8, 4) is 22.8 Å². The highest BCUT2D eigenvalue weighted by atomic mass is 16.7. The van der Waals surface area contributed by atoms with Crippen LogP contribution in [0.15, 0.2) is 23.0 Å². The molecule has 0 bridgehead atoms. The molecule has 0 radical (unpaired) electrons. The summed E-state index contributed by atoms with van der Waals surface area (Å²) in [6.45, 7) is 1.09. The van der Waals surface area contributed by atoms with Crippen LogP contribution in [-0.4, -0.2) is 23.3 Å². The Kier molecular flexibility index (Phi) is 2.80. The van der Waals surface area contributed by atoms with Gasteiger partial charge in [0, 0.05) is 17.7 Å². The van der Waals surface area contributed by atoms with Gasteiger partial charge in [-0.3, -0.25) is 0 Å². The van der Waals surface area contributed by atoms with Crippen LogP contribution >= 0.6 is 0 Å². The van der Waals surface area contributed by atoms with E-state index in [0.29, 0.717) is 11.6 Å². The molecule has 0 saturated heterocycles. The standard InChI is InChI=1S/C15H15N3O3/c19-15-17-13(10-3-1-2-6-16-14(10)18-15)9-4-5-11-12(7-9)21-8-20-11/h4-5,7H,1-3,6,8H2,(H2,16,17,18,19). The number of nitrogens with zero attached hydrogens (tertiary/aromatic N) is 1. The number of anilines is 1. The largest absolute Gasteiger partial charge is 0.454 e. The third kappa shape index (κ3) is 2.12. The summed E-state index contributed by atoms with van der Waals surface area (Å²) in [7, 11) is 0. The SMILES string of the molecule is O=c1nc2c(c(-c3ccc4c(c3)OCO4)[nH]1)CCCCN2. The second kappa shape index (κ2) is 4.80. The van der Waals surface area contributed by atoms with Gasteiger partial charge in [0.1, 0.15) is 5.82 Å². The van der Waals surface area contributed by atoms with Crippen molar-refractivity contribution in [2.75, 3.05) is 18.7 Å². The monoisotopic (exact) mass is 285 g/mol. The van der Waals surface area contributed by atoms with Crippen LogP contribution < -0.4 is 20.5 Å². The Bertz CT molecular complexity index is 754. The van der Waals surface area contributed by atoms with Gasteiger partial charge in [-0.15, -0.1) is 0 Å². The fourth-order valence-corrected chi connectivity index (χ4v) is 2.82. The van der Waals surface area contributed by atoms with Gasteiger partial charge < -0.3 is 19.8 Å². The Morgan fingerprint density at radius 1 is 1.14 bits per heavy atom. The molecule has 4 rings (SSSR count). The Morgan fingerprint density at radius 2 is 2.05 bits per heavy atom. The van der Waals surface area contributed by atoms with E-state index in [1.165, 1.54) is 0 Å². The molecule has 2 N–H and O–H groups in total. The molecular weight excluding hydrogens is 270 g/mol. The molecule has 2 aliphatic rings. The van der Waals surface area contributed by atoms with Gasteiger partial charge in [-0.05, 0) is 37.5 Å². The van der Waals surface area contributed by atoms with Crippen LogP contribution in [0.4, 0.5) is 5.82 Å². The van der Waals surface area contributed by atoms with E-state index in [9.17, 15) is 4.79 Å². The summed E-state index contributed by atoms with van der Waals surface area (Å²) in [6.07, 6.45) is 3.05. The van der Waals surface area contributed by atoms with Crippen molar-refractivity contribution in [1.29, 1.82) is 0 Å². The maximum Gasteiger partial charge on any atom is 0.347 e. The summed E-state index contributed by atoms with van der Waals surface area (Å²) in [5, 5.41) is 3.24. The number of benzene rings is 1. The highest BCUT2D eigenvalue weighted by Crippen LogP contribution is 2.37. The van der Waals surface area contributed by atoms with Crippen LogP contribution in [0.2, 0.25) is 0 Å². The number of nitrogens with one attached hydrogen (secondary N) is 2. The Morgan fingerprint density at radius 3 is 3.00 bits per heavy atom. The summed E-state index contributed by atoms with van der Waals surface area (Å²) < 4.78 is 10.7. The number of fused-ring (bicyclic) bond motifs is 2. The number of aromatic amines is 1. The Balaban J connectivity index is 1.88. The minimum Gasteiger partial charge on any atom is -0.454 e. The average Bonchev–Trinajstić information content (AvgIpc) is 2.83. The third-order valence-corrected chi connectivity index (χ3v) is 3.84. The molecule has 1 aromatic carbocycles. The Hall–Kier alpha value is -2.50. The molecule has 6 nitrogen and oxygen atoms in total. The lowest BCUT2D eigenvalue weighted by atomic mass is 10.0. The van der Waals surface area contributed by atoms with Crippen molar-refractivity contribution in [3.05, 3.63) is 34.2 Å². The zero-order valence-corrected chi connectivity index (χ0v) is 11.4. The zero-order chi connectivity index (χ0) is 14.2. The van der Waals surface area contributed by atoms with Crippen molar-refractivity contribution in [3.63, 3.8) is 0 Å². The predicted molar refractivity (Wildman–Crippen MR) is 77.8 cm³/mol. The van der Waals surface area contributed by atoms with Gasteiger partial charge in [-0.2, -0.15) is 4.98 Å². The second-order valence-electron chi connectivity index (χ2n) is 5.20. The smallest absolute Gasteiger partial charge is 0.347 e. The van der Waals surface area contributed by atoms with Crippen LogP contribution in [0.1, 0.15) is 18.4 Å². The van der Waals surface area contributed by atoms with E-state index >= 15 is 0 Å². The first-order chi connectivity index (χ1) is 10.3. The van der Waals surface area contributed by atoms with Gasteiger partial charge >= 0.3 is 5.69 Å². The molecule has 0 unspecified atom stereocenters. The van der Waals surface area contributed by atoms with Crippen molar-refractivity contribution >= 4 is 5.82 Å². The quantitative estimate of drug-likeness (QED) is 0.837. The first-order valence-corrected chi connectivity index (χ1v) is 7.08. The van der Waals surface area contributed by atoms with Crippen LogP contribution in [0.3, 0.4) is 0 Å². The highest BCUT2D eigenvalue weighted by Gasteiger charge is 2.19. The lowest BCUT2D eigenvalue weighted by Gasteiger charge is -2.12. The van der Waals surface area contributed by atoms with Crippen LogP contribution in [0, 0.1) is 0 Å². The summed E-state index contributed by atoms with van der Waals surface area (Å²) in [4.78, 5) is 18.7. The lowest BCUT2D eigenvalue weighted by Crippen LogP contribution is -2.17. The summed E-state index contributed by atoms with van der Waals surface area (Å²) in [5.74, 6) is 2.14. The maximum atomic E-state index is 11.8. The molecule has 0 amide bonds. The molecule has 0 fully saturated rings. The van der Waals surface area contributed by atoms with Crippen molar-refractivity contribution in [2.45, 2.75) is 19.3 Å². The number of hydrogen-bond acceptors (Lipinski definition) is 5. The molecule has 2 aliphatic heterocycles. The maximum absolute atomic E-state index is 11.8. The van der Waals surface area contributed by atoms with Gasteiger partial charge in [0.05, 0.1) is 5.69 Å². The van der Waals surface area contributed by atoms with Crippen LogP contribution in [0.25, 0.3) is 11.3 Å². The van der Waals surface area contributed by atoms with Gasteiger partial charge in [-0.25, -0.2) is 4.79 Å². The van der Waals surface area contributed by atoms with Crippen LogP contribution in [-0.2, 0) is 6.42 Å². The molecule has 0 atom stereocenters. The van der Waals surface area contributed by atoms with Crippen molar-refractivity contribution in [1.82, 2.24) is 9.97 Å². The summed E-state index contributed by atoms with van der Waals surface area (Å²) in [6, 6.07) is 5.70. The van der Waals surface area contributed by atoms with Gasteiger partial charge in [0.2, 0.25) is 6.79 Å². The molecule has 21 heavy (non-hydrogen) atoms. The topological polar surface area (TPSA) is 76.2 Å². The third-order valence-electron chi connectivity index (χ3n) is 3.84. The minimum atomic E-state index is -0.337. The van der Waals surface area contributed by atoms with Crippen molar-refractivity contribution in [2.24, 2.45) is 0 Å². The average molecular weight is 285 g/mol. The van der Waals surface area contributed by atoms with E-state index in [-0.39, 0.29) is 12.5 Å². The fraction of sp³-hybridized carbons (Fsp3) is 0.333. The van der Waals surface area contributed by atoms with E-state index in [1.807, 2.05) is 18.2 Å². The van der Waals surface area contributed by atoms with E-state index in [4.69, 9.17) is 9.47 Å². The normalized spacial score (nSPS) is 16.0. The number of H-pyrrole nitrogens is 1. The molecule has 1 aromatic heterocycles. The first kappa shape index (κ1) is 12.3. The predicted octanol–water partition coefficient (Wildman–Crippen LogP) is 1.91. The van der Waals surface area contributed by atoms with Gasteiger partial charge in [0.15, 0.2) is 11.5 Å². The van der Waals surface area contributed by atoms with Crippen LogP contribution in [0.5, 0.6) is 11.5 Å². The zero-order valence-electron chi connectivity index (χ0n) is 11.4. The van der Waals surface area contributed by atoms with E-state index in [2.05, 4.69) is 15.3 Å². The summed E-state index contributed by atoms with van der Waals surface area (Å²) in [5.41, 5.74) is 2.46. The minimum absolute atomic E-state index is 0.241. The molecule has 3 heterocycles. The molecule has 0 spiro atoms. The molecule has 6 heteroatoms. The number of hydrogen-bond donors (Lipinski definition) is 2. The van der Waals surface area contributed by atoms with Crippen molar-refractivity contribution < 1.29 is 9.47 Å². The van der Waals surface area contributed by atoms with E-state index in [0.717, 1.165) is 48.4 Å². The number of rotatable bonds is 1. The molecule has 108 valence electrons. The fourth-order valence-electron chi connectivity index (χ4n) is 2.82. The Labute approximate surface area is 121 Å². The number of ether oxygens (including phenoxy) is 2. The highest BCUT2D eigenvalue weighted by molar-refractivity contribution is 5.71. The van der Waals surface area contributed by atoms with Gasteiger partial charge in [0.25, 0.3) is 0 Å². The van der Waals surface area contributed by atoms with E-state index in [1.54, 1.807) is 0 Å². The first-order valence-electron chi connectivity index (χ1n) is 7.08. The van der Waals surface area contributed by atoms with E-state index < -0.39 is 0 Å².